The van der Waals surface area contributed by atoms with Crippen LogP contribution in [0.15, 0.2) is 0 Å². The van der Waals surface area contributed by atoms with Crippen LogP contribution >= 0.6 is 0 Å². The minimum atomic E-state index is -5.02. The Kier molecular flexibility index (Phi) is 15.3. The molecule has 12 nitrogen and oxygen atoms in total. The molecule has 0 aliphatic heterocycles. The second kappa shape index (κ2) is 9.15. The smallest absolute Gasteiger partial charge is 0.344 e. The van der Waals surface area contributed by atoms with E-state index in [1.54, 1.807) is 0 Å². The predicted molar refractivity (Wildman–Crippen MR) is 41.3 cm³/mol. The van der Waals surface area contributed by atoms with Gasteiger partial charge in [-0.1, -0.05) is 8.67 Å². The van der Waals surface area contributed by atoms with Crippen LogP contribution in [0.1, 0.15) is 0 Å². The zero-order valence-electron chi connectivity index (χ0n) is 6.60. The molecule has 0 aromatic rings. The maximum Gasteiger partial charge on any atom is 0.425 e. The van der Waals surface area contributed by atoms with E-state index in [-0.39, 0.29) is 12.3 Å². The Bertz CT molecular complexity index is 254. The molecule has 0 bridgehead atoms. The van der Waals surface area contributed by atoms with Gasteiger partial charge < -0.3 is 17.5 Å². The molecule has 0 rings (SSSR count). The lowest BCUT2D eigenvalue weighted by atomic mass is 13.6. The molecule has 0 spiro atoms. The van der Waals surface area contributed by atoms with Crippen LogP contribution in [0.2, 0.25) is 0 Å². The lowest BCUT2D eigenvalue weighted by Gasteiger charge is -1.92. The molecule has 92 valence electrons. The van der Waals surface area contributed by atoms with Crippen molar-refractivity contribution in [1.82, 2.24) is 12.3 Å². The van der Waals surface area contributed by atoms with Crippen molar-refractivity contribution in [3.8, 4) is 0 Å². The molecule has 0 fully saturated rings. The molecule has 11 N–H and O–H groups in total. The lowest BCUT2D eigenvalue weighted by Crippen LogP contribution is -2.10. The first-order chi connectivity index (χ1) is 5.21. The highest BCUT2D eigenvalue weighted by atomic mass is 32.3. The summed E-state index contributed by atoms with van der Waals surface area (Å²) in [6.07, 6.45) is 0. The van der Waals surface area contributed by atoms with Gasteiger partial charge in [0.15, 0.2) is 0 Å². The van der Waals surface area contributed by atoms with Gasteiger partial charge in [-0.25, -0.2) is 5.90 Å². The summed E-state index contributed by atoms with van der Waals surface area (Å²) in [7, 11) is -10.0. The van der Waals surface area contributed by atoms with Crippen LogP contribution in [0.25, 0.3) is 0 Å². The molecule has 0 aliphatic carbocycles. The Balaban J connectivity index is -0.000000117. The van der Waals surface area contributed by atoms with E-state index >= 15 is 0 Å². The summed E-state index contributed by atoms with van der Waals surface area (Å²) in [5, 5.41) is 6.50. The van der Waals surface area contributed by atoms with Crippen molar-refractivity contribution in [2.24, 2.45) is 5.90 Å². The maximum absolute atomic E-state index is 9.51. The third-order valence-electron chi connectivity index (χ3n) is 0.200. The zero-order chi connectivity index (χ0) is 10.4. The van der Waals surface area contributed by atoms with E-state index in [1.807, 2.05) is 0 Å². The Morgan fingerprint density at radius 1 is 0.786 bits per heavy atom. The monoisotopic (exact) mass is 261 g/mol. The highest BCUT2D eigenvalue weighted by molar-refractivity contribution is 7.83. The zero-order valence-corrected chi connectivity index (χ0v) is 8.23. The summed E-state index contributed by atoms with van der Waals surface area (Å²) in [6.45, 7) is 0. The van der Waals surface area contributed by atoms with Gasteiger partial charge in [-0.3, -0.25) is 9.11 Å². The molecular formula is H11N3O9S2. The molecule has 0 aliphatic rings. The fourth-order valence-electron chi connectivity index (χ4n) is 0.0702. The highest BCUT2D eigenvalue weighted by Gasteiger charge is 2.13. The van der Waals surface area contributed by atoms with E-state index in [0.717, 1.165) is 0 Å². The van der Waals surface area contributed by atoms with Crippen LogP contribution in [0.4, 0.5) is 0 Å². The van der Waals surface area contributed by atoms with Gasteiger partial charge in [-0.15, -0.1) is 0 Å². The quantitative estimate of drug-likeness (QED) is 0.187. The fourth-order valence-corrected chi connectivity index (χ4v) is 0.632. The second-order valence-electron chi connectivity index (χ2n) is 0.992. The average molecular weight is 261 g/mol. The number of rotatable bonds is 3. The van der Waals surface area contributed by atoms with Gasteiger partial charge >= 0.3 is 20.8 Å². The molecule has 0 aromatic carbocycles. The number of hydrogen-bond acceptors (Lipinski definition) is 10. The lowest BCUT2D eigenvalue weighted by molar-refractivity contribution is -0.105. The number of nitrogens with two attached hydrogens (primary N) is 1. The van der Waals surface area contributed by atoms with E-state index in [4.69, 9.17) is 14.3 Å². The van der Waals surface area contributed by atoms with Gasteiger partial charge in [-0.05, 0) is 0 Å². The number of hydrogen-bond donors (Lipinski definition) is 6. The van der Waals surface area contributed by atoms with E-state index in [0.29, 0.717) is 0 Å². The van der Waals surface area contributed by atoms with E-state index in [2.05, 4.69) is 14.6 Å². The molecule has 0 saturated heterocycles. The van der Waals surface area contributed by atoms with Gasteiger partial charge in [0, 0.05) is 0 Å². The Morgan fingerprint density at radius 2 is 0.929 bits per heavy atom. The summed E-state index contributed by atoms with van der Waals surface area (Å²) >= 11 is 0. The van der Waals surface area contributed by atoms with E-state index < -0.39 is 20.8 Å². The van der Waals surface area contributed by atoms with Gasteiger partial charge in [0.2, 0.25) is 0 Å². The van der Waals surface area contributed by atoms with Crippen LogP contribution in [-0.4, -0.2) is 31.1 Å². The normalized spacial score (nSPS) is 10.0. The SMILES string of the molecule is N.N.NO.O=S(=O)(O)OOS(=O)(=O)O. The predicted octanol–water partition coefficient (Wildman–Crippen LogP) is -1.80. The van der Waals surface area contributed by atoms with Crippen molar-refractivity contribution in [3.05, 3.63) is 0 Å². The van der Waals surface area contributed by atoms with Crippen LogP contribution in [0.3, 0.4) is 0 Å². The molecule has 0 amide bonds. The maximum atomic E-state index is 9.51. The first-order valence-corrected chi connectivity index (χ1v) is 4.52. The largest absolute Gasteiger partial charge is 0.425 e. The third kappa shape index (κ3) is 29.9. The summed E-state index contributed by atoms with van der Waals surface area (Å²) in [4.78, 5) is 0. The molecule has 14 heteroatoms. The van der Waals surface area contributed by atoms with Crippen LogP contribution in [0, 0.1) is 0 Å². The van der Waals surface area contributed by atoms with Crippen LogP contribution < -0.4 is 18.2 Å². The molecule has 14 heavy (non-hydrogen) atoms. The molecule has 0 saturated carbocycles. The van der Waals surface area contributed by atoms with Gasteiger partial charge in [0.25, 0.3) is 0 Å². The summed E-state index contributed by atoms with van der Waals surface area (Å²) < 4.78 is 58.9. The Morgan fingerprint density at radius 3 is 1.00 bits per heavy atom. The Labute approximate surface area is 79.6 Å². The first kappa shape index (κ1) is 23.4. The van der Waals surface area contributed by atoms with Crippen molar-refractivity contribution in [2.75, 3.05) is 0 Å². The molecule has 0 radical (unpaired) electrons. The van der Waals surface area contributed by atoms with E-state index in [1.165, 1.54) is 0 Å². The summed E-state index contributed by atoms with van der Waals surface area (Å²) in [6, 6.07) is 0. The third-order valence-corrected chi connectivity index (χ3v) is 0.766. The van der Waals surface area contributed by atoms with Gasteiger partial charge in [0.1, 0.15) is 0 Å². The second-order valence-corrected chi connectivity index (χ2v) is 2.97. The van der Waals surface area contributed by atoms with Crippen molar-refractivity contribution in [1.29, 1.82) is 0 Å². The van der Waals surface area contributed by atoms with Crippen molar-refractivity contribution < 1.29 is 39.8 Å². The van der Waals surface area contributed by atoms with Gasteiger partial charge in [-0.2, -0.15) is 16.8 Å². The molecule has 0 atom stereocenters. The Hall–Kier alpha value is -0.420. The first-order valence-electron chi connectivity index (χ1n) is 1.79. The standard InChI is InChI=1S/H3NO.2H3N.H2O8S2/c1-2;;;1-9(2,3)7-8-10(4,5)6/h2H,1H2;2*1H3;(H,1,2,3)(H,4,5,6). The minimum absolute atomic E-state index is 0. The van der Waals surface area contributed by atoms with E-state index in [9.17, 15) is 16.8 Å². The fraction of sp³-hybridized carbons (Fsp3) is 0. The molecule has 0 unspecified atom stereocenters. The van der Waals surface area contributed by atoms with Crippen molar-refractivity contribution >= 4 is 20.8 Å². The highest BCUT2D eigenvalue weighted by Crippen LogP contribution is 1.92. The van der Waals surface area contributed by atoms with Crippen molar-refractivity contribution in [3.63, 3.8) is 0 Å². The summed E-state index contributed by atoms with van der Waals surface area (Å²) in [5.74, 6) is 3.50. The van der Waals surface area contributed by atoms with Gasteiger partial charge in [0.05, 0.1) is 0 Å². The molecular weight excluding hydrogens is 250 g/mol. The van der Waals surface area contributed by atoms with Crippen molar-refractivity contribution in [2.45, 2.75) is 0 Å². The topological polar surface area (TPSA) is 243 Å². The minimum Gasteiger partial charge on any atom is -0.344 e. The molecule has 0 aromatic heterocycles. The van der Waals surface area contributed by atoms with Crippen LogP contribution in [0.5, 0.6) is 0 Å². The average Bonchev–Trinajstić information content (AvgIpc) is 1.86. The molecule has 0 heterocycles. The summed E-state index contributed by atoms with van der Waals surface area (Å²) in [5.41, 5.74) is 0. The van der Waals surface area contributed by atoms with Crippen LogP contribution in [-0.2, 0) is 29.5 Å².